The molecule has 0 aliphatic carbocycles. The van der Waals surface area contributed by atoms with Crippen molar-refractivity contribution in [2.24, 2.45) is 0 Å². The number of carbonyl (C=O) groups is 3. The van der Waals surface area contributed by atoms with E-state index in [-0.39, 0.29) is 49.5 Å². The van der Waals surface area contributed by atoms with Crippen molar-refractivity contribution in [3.63, 3.8) is 0 Å². The van der Waals surface area contributed by atoms with Crippen LogP contribution < -0.4 is 16.2 Å². The van der Waals surface area contributed by atoms with Gasteiger partial charge in [-0.05, 0) is 57.0 Å². The molecule has 2 amide bonds. The Balaban J connectivity index is 1.52. The summed E-state index contributed by atoms with van der Waals surface area (Å²) in [6.45, 7) is 6.34. The Hall–Kier alpha value is -4.45. The lowest BCUT2D eigenvalue weighted by atomic mass is 9.86. The zero-order valence-electron chi connectivity index (χ0n) is 22.6. The quantitative estimate of drug-likeness (QED) is 0.271. The number of phenolic OH excluding ortho intramolecular Hbond substituents is 1. The van der Waals surface area contributed by atoms with E-state index in [1.807, 2.05) is 0 Å². The molecule has 1 aromatic carbocycles. The smallest absolute Gasteiger partial charge is 0.408 e. The summed E-state index contributed by atoms with van der Waals surface area (Å²) >= 11 is 0. The van der Waals surface area contributed by atoms with Crippen LogP contribution in [0.5, 0.6) is 5.75 Å². The highest BCUT2D eigenvalue weighted by Crippen LogP contribution is 2.40. The second-order valence-corrected chi connectivity index (χ2v) is 10.9. The minimum Gasteiger partial charge on any atom is -0.508 e. The molecule has 2 aliphatic heterocycles. The number of phenols is 1. The fourth-order valence-electron chi connectivity index (χ4n) is 5.07. The zero-order chi connectivity index (χ0) is 29.0. The van der Waals surface area contributed by atoms with Gasteiger partial charge in [0.2, 0.25) is 5.91 Å². The summed E-state index contributed by atoms with van der Waals surface area (Å²) < 4.78 is 11.8. The zero-order valence-corrected chi connectivity index (χ0v) is 22.6. The summed E-state index contributed by atoms with van der Waals surface area (Å²) in [5.74, 6) is -1.29. The number of nitrogens with one attached hydrogen (secondary N) is 2. The summed E-state index contributed by atoms with van der Waals surface area (Å²) in [6, 6.07) is 6.25. The van der Waals surface area contributed by atoms with E-state index >= 15 is 0 Å². The number of hydrogen-bond acceptors (Lipinski definition) is 9. The van der Waals surface area contributed by atoms with E-state index in [2.05, 4.69) is 10.6 Å². The van der Waals surface area contributed by atoms with Crippen molar-refractivity contribution >= 4 is 28.9 Å². The number of fused-ring (bicyclic) bond motifs is 5. The predicted octanol–water partition coefficient (Wildman–Crippen LogP) is 1.93. The van der Waals surface area contributed by atoms with Gasteiger partial charge in [-0.1, -0.05) is 6.92 Å². The lowest BCUT2D eigenvalue weighted by Gasteiger charge is -2.31. The molecule has 0 saturated heterocycles. The molecule has 4 N–H and O–H groups in total. The molecule has 1 atom stereocenters. The van der Waals surface area contributed by atoms with Crippen LogP contribution in [0, 0.1) is 0 Å². The van der Waals surface area contributed by atoms with Gasteiger partial charge in [-0.25, -0.2) is 14.6 Å². The standard InChI is InChI=1S/C28H30N4O8/c1-5-28(38)19-9-21-23-17(12-32(21)24(35)18(19)13-39-25(28)36)16(15-8-14(33)6-7-20(15)31-23)10-29-22(34)11-30-26(37)40-27(2,3)4/h6-9,33,38H,5,10-13H2,1-4H3,(H,29,34)(H,30,37)/t28-/m0/s1. The molecule has 2 aromatic heterocycles. The number of benzene rings is 1. The minimum absolute atomic E-state index is 0.000215. The maximum atomic E-state index is 13.5. The van der Waals surface area contributed by atoms with E-state index in [1.165, 1.54) is 16.7 Å². The van der Waals surface area contributed by atoms with Crippen LogP contribution in [0.15, 0.2) is 29.1 Å². The molecule has 12 nitrogen and oxygen atoms in total. The van der Waals surface area contributed by atoms with E-state index in [9.17, 15) is 29.4 Å². The summed E-state index contributed by atoms with van der Waals surface area (Å²) in [7, 11) is 0. The van der Waals surface area contributed by atoms with E-state index in [0.717, 1.165) is 0 Å². The average Bonchev–Trinajstić information content (AvgIpc) is 3.25. The molecule has 5 rings (SSSR count). The van der Waals surface area contributed by atoms with Gasteiger partial charge in [0.15, 0.2) is 5.60 Å². The Kier molecular flexibility index (Phi) is 6.53. The highest BCUT2D eigenvalue weighted by atomic mass is 16.6. The highest BCUT2D eigenvalue weighted by molar-refractivity contribution is 5.90. The van der Waals surface area contributed by atoms with Crippen LogP contribution in [-0.2, 0) is 44.4 Å². The summed E-state index contributed by atoms with van der Waals surface area (Å²) in [5.41, 5.74) is -0.00271. The molecule has 40 heavy (non-hydrogen) atoms. The second-order valence-electron chi connectivity index (χ2n) is 10.9. The van der Waals surface area contributed by atoms with Gasteiger partial charge in [-0.3, -0.25) is 9.59 Å². The van der Waals surface area contributed by atoms with Crippen molar-refractivity contribution in [1.29, 1.82) is 0 Å². The number of ether oxygens (including phenoxy) is 2. The molecule has 0 fully saturated rings. The number of aromatic nitrogens is 2. The van der Waals surface area contributed by atoms with Crippen LogP contribution in [-0.4, -0.2) is 49.9 Å². The first-order valence-corrected chi connectivity index (χ1v) is 12.9. The molecule has 0 bridgehead atoms. The summed E-state index contributed by atoms with van der Waals surface area (Å²) in [5, 5.41) is 27.0. The number of rotatable bonds is 5. The third-order valence-electron chi connectivity index (χ3n) is 7.04. The number of pyridine rings is 2. The first kappa shape index (κ1) is 27.1. The SMILES string of the molecule is CC[C@@]1(O)C(=O)OCc2c1cc1n(c2=O)Cc2c-1nc1ccc(O)cc1c2CNC(=O)CNC(=O)OC(C)(C)C. The van der Waals surface area contributed by atoms with Crippen molar-refractivity contribution in [1.82, 2.24) is 20.2 Å². The lowest BCUT2D eigenvalue weighted by molar-refractivity contribution is -0.172. The largest absolute Gasteiger partial charge is 0.508 e. The third-order valence-corrected chi connectivity index (χ3v) is 7.04. The highest BCUT2D eigenvalue weighted by Gasteiger charge is 2.45. The lowest BCUT2D eigenvalue weighted by Crippen LogP contribution is -2.44. The molecule has 4 heterocycles. The van der Waals surface area contributed by atoms with Crippen LogP contribution in [0.25, 0.3) is 22.3 Å². The van der Waals surface area contributed by atoms with Gasteiger partial charge in [-0.15, -0.1) is 0 Å². The number of aliphatic hydroxyl groups is 1. The number of amides is 2. The molecular weight excluding hydrogens is 520 g/mol. The normalized spacial score (nSPS) is 17.5. The number of nitrogens with zero attached hydrogens (tertiary/aromatic N) is 2. The molecule has 0 spiro atoms. The van der Waals surface area contributed by atoms with Gasteiger partial charge in [0.1, 0.15) is 24.5 Å². The molecule has 210 valence electrons. The minimum atomic E-state index is -1.95. The monoisotopic (exact) mass is 550 g/mol. The molecular formula is C28H30N4O8. The van der Waals surface area contributed by atoms with Gasteiger partial charge in [0.05, 0.1) is 29.0 Å². The van der Waals surface area contributed by atoms with Crippen LogP contribution in [0.3, 0.4) is 0 Å². The predicted molar refractivity (Wildman–Crippen MR) is 142 cm³/mol. The Morgan fingerprint density at radius 2 is 1.93 bits per heavy atom. The number of cyclic esters (lactones) is 1. The van der Waals surface area contributed by atoms with Crippen molar-refractivity contribution in [2.75, 3.05) is 6.54 Å². The topological polar surface area (TPSA) is 169 Å². The molecule has 3 aromatic rings. The Labute approximate surface area is 228 Å². The first-order chi connectivity index (χ1) is 18.8. The van der Waals surface area contributed by atoms with Crippen LogP contribution in [0.4, 0.5) is 4.79 Å². The second kappa shape index (κ2) is 9.63. The van der Waals surface area contributed by atoms with Gasteiger partial charge in [0, 0.05) is 23.1 Å². The maximum Gasteiger partial charge on any atom is 0.408 e. The van der Waals surface area contributed by atoms with Crippen molar-refractivity contribution < 1.29 is 34.1 Å². The number of hydrogen-bond donors (Lipinski definition) is 4. The van der Waals surface area contributed by atoms with Crippen LogP contribution >= 0.6 is 0 Å². The average molecular weight is 551 g/mol. The fourth-order valence-corrected chi connectivity index (χ4v) is 5.07. The molecule has 2 aliphatic rings. The number of aromatic hydroxyl groups is 1. The van der Waals surface area contributed by atoms with E-state index < -0.39 is 34.7 Å². The first-order valence-electron chi connectivity index (χ1n) is 12.9. The van der Waals surface area contributed by atoms with Gasteiger partial charge >= 0.3 is 12.1 Å². The van der Waals surface area contributed by atoms with Crippen LogP contribution in [0.1, 0.15) is 56.4 Å². The van der Waals surface area contributed by atoms with Gasteiger partial charge in [0.25, 0.3) is 5.56 Å². The van der Waals surface area contributed by atoms with E-state index in [0.29, 0.717) is 33.4 Å². The van der Waals surface area contributed by atoms with Gasteiger partial charge in [-0.2, -0.15) is 0 Å². The summed E-state index contributed by atoms with van der Waals surface area (Å²) in [6.07, 6.45) is -0.704. The number of carbonyl (C=O) groups excluding carboxylic acids is 3. The molecule has 0 unspecified atom stereocenters. The van der Waals surface area contributed by atoms with Crippen molar-refractivity contribution in [3.8, 4) is 17.1 Å². The summed E-state index contributed by atoms with van der Waals surface area (Å²) in [4.78, 5) is 55.2. The van der Waals surface area contributed by atoms with Crippen LogP contribution in [0.2, 0.25) is 0 Å². The Bertz CT molecular complexity index is 1640. The maximum absolute atomic E-state index is 13.5. The van der Waals surface area contributed by atoms with E-state index in [1.54, 1.807) is 39.8 Å². The van der Waals surface area contributed by atoms with Crippen molar-refractivity contribution in [2.45, 2.75) is 65.0 Å². The number of esters is 1. The molecule has 12 heteroatoms. The number of alkyl carbamates (subject to hydrolysis) is 1. The molecule has 0 radical (unpaired) electrons. The third kappa shape index (κ3) is 4.64. The van der Waals surface area contributed by atoms with E-state index in [4.69, 9.17) is 14.5 Å². The van der Waals surface area contributed by atoms with Crippen molar-refractivity contribution in [3.05, 3.63) is 56.9 Å². The molecule has 0 saturated carbocycles. The van der Waals surface area contributed by atoms with Gasteiger partial charge < -0.3 is 34.9 Å². The fraction of sp³-hybridized carbons (Fsp3) is 0.393. The Morgan fingerprint density at radius 1 is 1.18 bits per heavy atom. The Morgan fingerprint density at radius 3 is 2.62 bits per heavy atom.